The van der Waals surface area contributed by atoms with E-state index in [9.17, 15) is 4.79 Å². The summed E-state index contributed by atoms with van der Waals surface area (Å²) < 4.78 is 11.1. The highest BCUT2D eigenvalue weighted by Gasteiger charge is 2.26. The van der Waals surface area contributed by atoms with E-state index in [-0.39, 0.29) is 11.2 Å². The van der Waals surface area contributed by atoms with Crippen LogP contribution in [-0.4, -0.2) is 60.7 Å². The maximum absolute atomic E-state index is 11.6. The quantitative estimate of drug-likeness (QED) is 0.832. The SMILES string of the molecule is NC1=NC(=O)C(Cc2ccc(OCCN3CCOCC3)cc2)S1. The fourth-order valence-corrected chi connectivity index (χ4v) is 3.45. The van der Waals surface area contributed by atoms with Crippen molar-refractivity contribution in [2.45, 2.75) is 11.7 Å². The first-order valence-electron chi connectivity index (χ1n) is 7.77. The Bertz CT molecular complexity index is 570. The van der Waals surface area contributed by atoms with Crippen LogP contribution in [0.15, 0.2) is 29.3 Å². The standard InChI is InChI=1S/C16H21N3O3S/c17-16-18-15(20)14(23-16)11-12-1-3-13(4-2-12)22-10-7-19-5-8-21-9-6-19/h1-4,14H,5-11H2,(H2,17,18,20). The normalized spacial score (nSPS) is 22.2. The Morgan fingerprint density at radius 3 is 2.70 bits per heavy atom. The van der Waals surface area contributed by atoms with Crippen LogP contribution >= 0.6 is 11.8 Å². The molecular weight excluding hydrogens is 314 g/mol. The summed E-state index contributed by atoms with van der Waals surface area (Å²) in [4.78, 5) is 17.7. The monoisotopic (exact) mass is 335 g/mol. The largest absolute Gasteiger partial charge is 0.492 e. The summed E-state index contributed by atoms with van der Waals surface area (Å²) in [6.45, 7) is 5.14. The van der Waals surface area contributed by atoms with E-state index in [1.807, 2.05) is 24.3 Å². The number of rotatable bonds is 6. The third-order valence-corrected chi connectivity index (χ3v) is 4.87. The fourth-order valence-electron chi connectivity index (χ4n) is 2.59. The fraction of sp³-hybridized carbons (Fsp3) is 0.500. The van der Waals surface area contributed by atoms with Gasteiger partial charge in [-0.15, -0.1) is 0 Å². The van der Waals surface area contributed by atoms with E-state index in [4.69, 9.17) is 15.2 Å². The third-order valence-electron chi connectivity index (χ3n) is 3.88. The average Bonchev–Trinajstić information content (AvgIpc) is 2.88. The number of benzene rings is 1. The zero-order valence-corrected chi connectivity index (χ0v) is 13.8. The van der Waals surface area contributed by atoms with Gasteiger partial charge in [0.15, 0.2) is 5.17 Å². The lowest BCUT2D eigenvalue weighted by atomic mass is 10.1. The molecule has 1 aromatic rings. The zero-order valence-electron chi connectivity index (χ0n) is 12.9. The summed E-state index contributed by atoms with van der Waals surface area (Å²) in [6, 6.07) is 7.88. The van der Waals surface area contributed by atoms with E-state index in [2.05, 4.69) is 9.89 Å². The number of amidine groups is 1. The van der Waals surface area contributed by atoms with Crippen molar-refractivity contribution in [3.8, 4) is 5.75 Å². The van der Waals surface area contributed by atoms with Gasteiger partial charge in [0.25, 0.3) is 5.91 Å². The zero-order chi connectivity index (χ0) is 16.1. The summed E-state index contributed by atoms with van der Waals surface area (Å²) in [6.07, 6.45) is 0.641. The third kappa shape index (κ3) is 4.70. The van der Waals surface area contributed by atoms with Crippen LogP contribution in [0.5, 0.6) is 5.75 Å². The van der Waals surface area contributed by atoms with Crippen molar-refractivity contribution in [1.82, 2.24) is 4.90 Å². The van der Waals surface area contributed by atoms with Crippen LogP contribution in [0.3, 0.4) is 0 Å². The summed E-state index contributed by atoms with van der Waals surface area (Å²) >= 11 is 1.33. The van der Waals surface area contributed by atoms with Gasteiger partial charge in [-0.25, -0.2) is 0 Å². The molecule has 23 heavy (non-hydrogen) atoms. The molecule has 1 amide bonds. The Labute approximate surface area is 140 Å². The molecule has 0 aliphatic carbocycles. The van der Waals surface area contributed by atoms with Gasteiger partial charge < -0.3 is 15.2 Å². The van der Waals surface area contributed by atoms with Crippen molar-refractivity contribution in [3.63, 3.8) is 0 Å². The summed E-state index contributed by atoms with van der Waals surface area (Å²) in [7, 11) is 0. The summed E-state index contributed by atoms with van der Waals surface area (Å²) in [5.74, 6) is 0.710. The molecule has 1 unspecified atom stereocenters. The van der Waals surface area contributed by atoms with Gasteiger partial charge in [0.2, 0.25) is 0 Å². The molecule has 1 saturated heterocycles. The van der Waals surface area contributed by atoms with Crippen molar-refractivity contribution in [1.29, 1.82) is 0 Å². The molecule has 0 bridgehead atoms. The Hall–Kier alpha value is -1.57. The number of aliphatic imine (C=N–C) groups is 1. The first kappa shape index (κ1) is 16.3. The molecular formula is C16H21N3O3S. The smallest absolute Gasteiger partial charge is 0.261 e. The van der Waals surface area contributed by atoms with Crippen LogP contribution in [0.4, 0.5) is 0 Å². The van der Waals surface area contributed by atoms with E-state index < -0.39 is 0 Å². The number of amides is 1. The summed E-state index contributed by atoms with van der Waals surface area (Å²) in [5.41, 5.74) is 6.65. The molecule has 2 N–H and O–H groups in total. The number of thioether (sulfide) groups is 1. The molecule has 2 heterocycles. The van der Waals surface area contributed by atoms with E-state index in [0.29, 0.717) is 18.2 Å². The molecule has 1 fully saturated rings. The van der Waals surface area contributed by atoms with E-state index in [1.54, 1.807) is 0 Å². The number of nitrogens with two attached hydrogens (primary N) is 1. The maximum atomic E-state index is 11.6. The van der Waals surface area contributed by atoms with Crippen molar-refractivity contribution >= 4 is 22.8 Å². The average molecular weight is 335 g/mol. The van der Waals surface area contributed by atoms with Crippen molar-refractivity contribution in [3.05, 3.63) is 29.8 Å². The molecule has 0 saturated carbocycles. The Morgan fingerprint density at radius 1 is 1.30 bits per heavy atom. The van der Waals surface area contributed by atoms with Crippen LogP contribution in [0.2, 0.25) is 0 Å². The van der Waals surface area contributed by atoms with Gasteiger partial charge in [-0.05, 0) is 24.1 Å². The van der Waals surface area contributed by atoms with Crippen molar-refractivity contribution in [2.75, 3.05) is 39.5 Å². The van der Waals surface area contributed by atoms with Crippen molar-refractivity contribution < 1.29 is 14.3 Å². The molecule has 2 aliphatic heterocycles. The lowest BCUT2D eigenvalue weighted by Crippen LogP contribution is -2.38. The number of hydrogen-bond acceptors (Lipinski definition) is 6. The van der Waals surface area contributed by atoms with Crippen LogP contribution in [0, 0.1) is 0 Å². The minimum atomic E-state index is -0.192. The molecule has 1 atom stereocenters. The molecule has 124 valence electrons. The number of hydrogen-bond donors (Lipinski definition) is 1. The lowest BCUT2D eigenvalue weighted by Gasteiger charge is -2.26. The highest BCUT2D eigenvalue weighted by molar-refractivity contribution is 8.15. The molecule has 0 radical (unpaired) electrons. The number of ether oxygens (including phenoxy) is 2. The topological polar surface area (TPSA) is 77.1 Å². The first-order chi connectivity index (χ1) is 11.2. The Balaban J connectivity index is 1.43. The predicted octanol–water partition coefficient (Wildman–Crippen LogP) is 0.897. The Kier molecular flexibility index (Phi) is 5.53. The first-order valence-corrected chi connectivity index (χ1v) is 8.65. The lowest BCUT2D eigenvalue weighted by molar-refractivity contribution is -0.117. The number of nitrogens with zero attached hydrogens (tertiary/aromatic N) is 2. The molecule has 7 heteroatoms. The van der Waals surface area contributed by atoms with Gasteiger partial charge in [-0.2, -0.15) is 4.99 Å². The van der Waals surface area contributed by atoms with Crippen LogP contribution in [0.25, 0.3) is 0 Å². The molecule has 0 spiro atoms. The van der Waals surface area contributed by atoms with E-state index in [0.717, 1.165) is 44.2 Å². The van der Waals surface area contributed by atoms with Gasteiger partial charge in [0.1, 0.15) is 12.4 Å². The number of morpholine rings is 1. The highest BCUT2D eigenvalue weighted by Crippen LogP contribution is 2.24. The predicted molar refractivity (Wildman–Crippen MR) is 90.9 cm³/mol. The van der Waals surface area contributed by atoms with Gasteiger partial charge in [-0.1, -0.05) is 23.9 Å². The second-order valence-corrected chi connectivity index (χ2v) is 6.77. The van der Waals surface area contributed by atoms with Crippen LogP contribution in [-0.2, 0) is 16.0 Å². The molecule has 0 aromatic heterocycles. The summed E-state index contributed by atoms with van der Waals surface area (Å²) in [5, 5.41) is 0.172. The number of carbonyl (C=O) groups excluding carboxylic acids is 1. The minimum Gasteiger partial charge on any atom is -0.492 e. The van der Waals surface area contributed by atoms with Gasteiger partial charge in [0.05, 0.1) is 18.5 Å². The van der Waals surface area contributed by atoms with Crippen LogP contribution < -0.4 is 10.5 Å². The molecule has 1 aromatic carbocycles. The molecule has 6 nitrogen and oxygen atoms in total. The van der Waals surface area contributed by atoms with E-state index >= 15 is 0 Å². The van der Waals surface area contributed by atoms with Gasteiger partial charge >= 0.3 is 0 Å². The Morgan fingerprint density at radius 2 is 2.04 bits per heavy atom. The molecule has 3 rings (SSSR count). The molecule has 2 aliphatic rings. The second-order valence-electron chi connectivity index (χ2n) is 5.55. The highest BCUT2D eigenvalue weighted by atomic mass is 32.2. The minimum absolute atomic E-state index is 0.140. The number of carbonyl (C=O) groups is 1. The second kappa shape index (κ2) is 7.81. The van der Waals surface area contributed by atoms with Gasteiger partial charge in [0, 0.05) is 19.6 Å². The van der Waals surface area contributed by atoms with Crippen molar-refractivity contribution in [2.24, 2.45) is 10.7 Å². The van der Waals surface area contributed by atoms with Gasteiger partial charge in [-0.3, -0.25) is 9.69 Å². The maximum Gasteiger partial charge on any atom is 0.261 e. The van der Waals surface area contributed by atoms with Crippen LogP contribution in [0.1, 0.15) is 5.56 Å². The van der Waals surface area contributed by atoms with E-state index in [1.165, 1.54) is 11.8 Å².